The monoisotopic (exact) mass is 355 g/mol. The highest BCUT2D eigenvalue weighted by molar-refractivity contribution is 5.85. The minimum atomic E-state index is -0.273. The lowest BCUT2D eigenvalue weighted by molar-refractivity contribution is 0.199. The van der Waals surface area contributed by atoms with Gasteiger partial charge in [-0.2, -0.15) is 0 Å². The van der Waals surface area contributed by atoms with Gasteiger partial charge in [-0.1, -0.05) is 24.3 Å². The predicted octanol–water partition coefficient (Wildman–Crippen LogP) is 3.57. The van der Waals surface area contributed by atoms with E-state index in [1.54, 1.807) is 32.4 Å². The van der Waals surface area contributed by atoms with Crippen LogP contribution in [0.25, 0.3) is 0 Å². The maximum Gasteiger partial charge on any atom is 0.161 e. The van der Waals surface area contributed by atoms with E-state index in [2.05, 4.69) is 5.32 Å². The summed E-state index contributed by atoms with van der Waals surface area (Å²) >= 11 is 0. The Balaban J connectivity index is 0.00000288. The predicted molar refractivity (Wildman–Crippen MR) is 94.6 cm³/mol. The van der Waals surface area contributed by atoms with Gasteiger partial charge in [-0.15, -0.1) is 12.4 Å². The Morgan fingerprint density at radius 1 is 1.04 bits per heavy atom. The average molecular weight is 356 g/mol. The van der Waals surface area contributed by atoms with Crippen LogP contribution in [0.15, 0.2) is 42.5 Å². The summed E-state index contributed by atoms with van der Waals surface area (Å²) in [5, 5.41) is 3.27. The third-order valence-corrected chi connectivity index (χ3v) is 3.38. The second-order valence-corrected chi connectivity index (χ2v) is 5.03. The Bertz CT molecular complexity index is 625. The maximum atomic E-state index is 13.6. The summed E-state index contributed by atoms with van der Waals surface area (Å²) in [5.41, 5.74) is 1.59. The molecule has 4 nitrogen and oxygen atoms in total. The fraction of sp³-hybridized carbons (Fsp3) is 0.333. The molecule has 0 aromatic heterocycles. The van der Waals surface area contributed by atoms with Gasteiger partial charge in [0.25, 0.3) is 0 Å². The van der Waals surface area contributed by atoms with Crippen molar-refractivity contribution in [3.8, 4) is 11.5 Å². The first-order valence-electron chi connectivity index (χ1n) is 7.47. The SMILES string of the molecule is COCCNCc1ccc(OCc2ccccc2F)c(OC)c1.Cl. The van der Waals surface area contributed by atoms with Crippen LogP contribution in [-0.2, 0) is 17.9 Å². The van der Waals surface area contributed by atoms with E-state index in [0.717, 1.165) is 12.1 Å². The minimum absolute atomic E-state index is 0. The third-order valence-electron chi connectivity index (χ3n) is 3.38. The molecule has 2 rings (SSSR count). The van der Waals surface area contributed by atoms with Gasteiger partial charge in [0.2, 0.25) is 0 Å². The van der Waals surface area contributed by atoms with Crippen molar-refractivity contribution in [3.63, 3.8) is 0 Å². The summed E-state index contributed by atoms with van der Waals surface area (Å²) in [4.78, 5) is 0. The molecule has 0 fully saturated rings. The topological polar surface area (TPSA) is 39.7 Å². The summed E-state index contributed by atoms with van der Waals surface area (Å²) in [5.74, 6) is 0.953. The van der Waals surface area contributed by atoms with Crippen LogP contribution in [0.5, 0.6) is 11.5 Å². The molecule has 0 bridgehead atoms. The Kier molecular flexibility index (Phi) is 9.15. The van der Waals surface area contributed by atoms with Crippen molar-refractivity contribution in [2.45, 2.75) is 13.2 Å². The molecule has 0 unspecified atom stereocenters. The minimum Gasteiger partial charge on any atom is -0.493 e. The lowest BCUT2D eigenvalue weighted by atomic mass is 10.2. The third kappa shape index (κ3) is 6.00. The van der Waals surface area contributed by atoms with E-state index in [9.17, 15) is 4.39 Å². The molecule has 0 saturated heterocycles. The van der Waals surface area contributed by atoms with Gasteiger partial charge in [0.1, 0.15) is 12.4 Å². The van der Waals surface area contributed by atoms with Gasteiger partial charge in [0.15, 0.2) is 11.5 Å². The smallest absolute Gasteiger partial charge is 0.161 e. The van der Waals surface area contributed by atoms with Crippen molar-refractivity contribution in [2.75, 3.05) is 27.4 Å². The molecule has 0 saturated carbocycles. The fourth-order valence-corrected chi connectivity index (χ4v) is 2.12. The van der Waals surface area contributed by atoms with Crippen molar-refractivity contribution in [2.24, 2.45) is 0 Å². The van der Waals surface area contributed by atoms with Crippen LogP contribution >= 0.6 is 12.4 Å². The van der Waals surface area contributed by atoms with Crippen LogP contribution in [0, 0.1) is 5.82 Å². The number of ether oxygens (including phenoxy) is 3. The van der Waals surface area contributed by atoms with E-state index in [1.807, 2.05) is 18.2 Å². The summed E-state index contributed by atoms with van der Waals surface area (Å²) in [7, 11) is 3.26. The molecule has 0 spiro atoms. The number of rotatable bonds is 9. The van der Waals surface area contributed by atoms with Crippen LogP contribution < -0.4 is 14.8 Å². The summed E-state index contributed by atoms with van der Waals surface area (Å²) in [6, 6.07) is 12.3. The highest BCUT2D eigenvalue weighted by atomic mass is 35.5. The molecular weight excluding hydrogens is 333 g/mol. The van der Waals surface area contributed by atoms with Gasteiger partial charge in [0, 0.05) is 25.8 Å². The number of hydrogen-bond acceptors (Lipinski definition) is 4. The lowest BCUT2D eigenvalue weighted by Crippen LogP contribution is -2.18. The molecule has 2 aromatic rings. The van der Waals surface area contributed by atoms with Crippen LogP contribution in [0.1, 0.15) is 11.1 Å². The highest BCUT2D eigenvalue weighted by Crippen LogP contribution is 2.29. The van der Waals surface area contributed by atoms with Crippen LogP contribution in [0.4, 0.5) is 4.39 Å². The van der Waals surface area contributed by atoms with Gasteiger partial charge in [-0.05, 0) is 23.8 Å². The largest absolute Gasteiger partial charge is 0.493 e. The molecule has 24 heavy (non-hydrogen) atoms. The second kappa shape index (κ2) is 10.9. The molecular formula is C18H23ClFNO3. The van der Waals surface area contributed by atoms with E-state index >= 15 is 0 Å². The van der Waals surface area contributed by atoms with Crippen molar-refractivity contribution >= 4 is 12.4 Å². The van der Waals surface area contributed by atoms with Crippen molar-refractivity contribution < 1.29 is 18.6 Å². The lowest BCUT2D eigenvalue weighted by Gasteiger charge is -2.13. The first kappa shape index (κ1) is 20.2. The van der Waals surface area contributed by atoms with Gasteiger partial charge in [-0.25, -0.2) is 4.39 Å². The normalized spacial score (nSPS) is 10.1. The molecule has 0 radical (unpaired) electrons. The van der Waals surface area contributed by atoms with Crippen molar-refractivity contribution in [1.82, 2.24) is 5.32 Å². The molecule has 0 aliphatic carbocycles. The Hall–Kier alpha value is -1.82. The second-order valence-electron chi connectivity index (χ2n) is 5.03. The summed E-state index contributed by atoms with van der Waals surface area (Å²) in [6.45, 7) is 2.33. The van der Waals surface area contributed by atoms with Gasteiger partial charge in [-0.3, -0.25) is 0 Å². The van der Waals surface area contributed by atoms with Gasteiger partial charge in [0.05, 0.1) is 13.7 Å². The zero-order chi connectivity index (χ0) is 16.5. The Labute approximate surface area is 148 Å². The molecule has 6 heteroatoms. The molecule has 0 aliphatic heterocycles. The first-order chi connectivity index (χ1) is 11.2. The van der Waals surface area contributed by atoms with Gasteiger partial charge >= 0.3 is 0 Å². The first-order valence-corrected chi connectivity index (χ1v) is 7.47. The standard InChI is InChI=1S/C18H22FNO3.ClH/c1-21-10-9-20-12-14-7-8-17(18(11-14)22-2)23-13-15-5-3-4-6-16(15)19;/h3-8,11,20H,9-10,12-13H2,1-2H3;1H. The zero-order valence-electron chi connectivity index (χ0n) is 13.9. The molecule has 132 valence electrons. The molecule has 2 aromatic carbocycles. The Morgan fingerprint density at radius 2 is 1.83 bits per heavy atom. The van der Waals surface area contributed by atoms with Gasteiger partial charge < -0.3 is 19.5 Å². The number of hydrogen-bond donors (Lipinski definition) is 1. The maximum absolute atomic E-state index is 13.6. The quantitative estimate of drug-likeness (QED) is 0.698. The average Bonchev–Trinajstić information content (AvgIpc) is 2.58. The van der Waals surface area contributed by atoms with Crippen LogP contribution in [0.3, 0.4) is 0 Å². The number of methoxy groups -OCH3 is 2. The summed E-state index contributed by atoms with van der Waals surface area (Å²) < 4.78 is 29.6. The van der Waals surface area contributed by atoms with Crippen molar-refractivity contribution in [3.05, 3.63) is 59.4 Å². The number of halogens is 2. The van der Waals surface area contributed by atoms with E-state index in [-0.39, 0.29) is 24.8 Å². The number of nitrogens with one attached hydrogen (secondary N) is 1. The highest BCUT2D eigenvalue weighted by Gasteiger charge is 2.08. The molecule has 0 atom stereocenters. The molecule has 0 heterocycles. The molecule has 1 N–H and O–H groups in total. The van der Waals surface area contributed by atoms with E-state index in [1.165, 1.54) is 6.07 Å². The number of benzene rings is 2. The van der Waals surface area contributed by atoms with Crippen molar-refractivity contribution in [1.29, 1.82) is 0 Å². The summed E-state index contributed by atoms with van der Waals surface area (Å²) in [6.07, 6.45) is 0. The zero-order valence-corrected chi connectivity index (χ0v) is 14.7. The van der Waals surface area contributed by atoms with Crippen LogP contribution in [0.2, 0.25) is 0 Å². The van der Waals surface area contributed by atoms with E-state index in [4.69, 9.17) is 14.2 Å². The van der Waals surface area contributed by atoms with E-state index in [0.29, 0.717) is 30.2 Å². The fourth-order valence-electron chi connectivity index (χ4n) is 2.12. The molecule has 0 aliphatic rings. The van der Waals surface area contributed by atoms with Crippen LogP contribution in [-0.4, -0.2) is 27.4 Å². The molecule has 0 amide bonds. The Morgan fingerprint density at radius 3 is 2.54 bits per heavy atom. The van der Waals surface area contributed by atoms with E-state index < -0.39 is 0 Å².